The van der Waals surface area contributed by atoms with Crippen molar-refractivity contribution in [2.45, 2.75) is 63.5 Å². The number of carbonyl (C=O) groups is 1. The van der Waals surface area contributed by atoms with E-state index in [1.54, 1.807) is 0 Å². The van der Waals surface area contributed by atoms with Gasteiger partial charge in [0.2, 0.25) is 0 Å². The lowest BCUT2D eigenvalue weighted by Crippen LogP contribution is -2.49. The summed E-state index contributed by atoms with van der Waals surface area (Å²) < 4.78 is 0. The molecule has 0 bridgehead atoms. The van der Waals surface area contributed by atoms with Crippen LogP contribution in [-0.4, -0.2) is 41.8 Å². The molecule has 0 spiro atoms. The first kappa shape index (κ1) is 14.2. The molecular weight excluding hydrogens is 252 g/mol. The van der Waals surface area contributed by atoms with Crippen LogP contribution in [0, 0.1) is 17.8 Å². The molecule has 3 aliphatic rings. The van der Waals surface area contributed by atoms with E-state index in [9.17, 15) is 9.90 Å². The van der Waals surface area contributed by atoms with Crippen molar-refractivity contribution in [1.29, 1.82) is 0 Å². The second-order valence-electron chi connectivity index (χ2n) is 7.12. The number of hydrogen-bond acceptors (Lipinski definition) is 2. The number of aliphatic hydroxyl groups excluding tert-OH is 1. The fraction of sp³-hybridized carbons (Fsp3) is 0.938. The summed E-state index contributed by atoms with van der Waals surface area (Å²) in [5.41, 5.74) is 0. The van der Waals surface area contributed by atoms with Crippen LogP contribution in [0.15, 0.2) is 0 Å². The van der Waals surface area contributed by atoms with E-state index in [-0.39, 0.29) is 6.03 Å². The normalized spacial score (nSPS) is 30.4. The minimum atomic E-state index is 0.126. The van der Waals surface area contributed by atoms with Gasteiger partial charge in [-0.05, 0) is 69.1 Å². The van der Waals surface area contributed by atoms with Gasteiger partial charge in [-0.2, -0.15) is 0 Å². The molecule has 3 rings (SSSR count). The molecule has 0 unspecified atom stereocenters. The molecule has 0 radical (unpaired) electrons. The Morgan fingerprint density at radius 3 is 2.10 bits per heavy atom. The molecule has 0 aliphatic heterocycles. The van der Waals surface area contributed by atoms with Crippen LogP contribution >= 0.6 is 0 Å². The molecule has 114 valence electrons. The summed E-state index contributed by atoms with van der Waals surface area (Å²) in [7, 11) is 1.94. The van der Waals surface area contributed by atoms with Gasteiger partial charge >= 0.3 is 6.03 Å². The van der Waals surface area contributed by atoms with Gasteiger partial charge < -0.3 is 15.3 Å². The Balaban J connectivity index is 1.48. The highest BCUT2D eigenvalue weighted by Gasteiger charge is 2.42. The lowest BCUT2D eigenvalue weighted by atomic mass is 9.86. The van der Waals surface area contributed by atoms with Crippen LogP contribution in [0.5, 0.6) is 0 Å². The Bertz CT molecular complexity index is 332. The predicted molar refractivity (Wildman–Crippen MR) is 78.4 cm³/mol. The Kier molecular flexibility index (Phi) is 4.20. The maximum Gasteiger partial charge on any atom is 0.317 e. The molecule has 0 aromatic carbocycles. The molecule has 2 N–H and O–H groups in total. The molecule has 3 saturated carbocycles. The zero-order valence-electron chi connectivity index (χ0n) is 12.6. The Morgan fingerprint density at radius 1 is 1.10 bits per heavy atom. The number of carbonyl (C=O) groups excluding carboxylic acids is 1. The van der Waals surface area contributed by atoms with E-state index in [4.69, 9.17) is 0 Å². The number of nitrogens with one attached hydrogen (secondary N) is 1. The number of amides is 2. The van der Waals surface area contributed by atoms with Crippen molar-refractivity contribution < 1.29 is 9.90 Å². The lowest BCUT2D eigenvalue weighted by Gasteiger charge is -2.35. The smallest absolute Gasteiger partial charge is 0.317 e. The number of aliphatic hydroxyl groups is 1. The summed E-state index contributed by atoms with van der Waals surface area (Å²) in [6.45, 7) is 0.300. The van der Waals surface area contributed by atoms with Crippen molar-refractivity contribution in [3.8, 4) is 0 Å². The molecule has 0 saturated heterocycles. The lowest BCUT2D eigenvalue weighted by molar-refractivity contribution is 0.131. The van der Waals surface area contributed by atoms with Crippen LogP contribution < -0.4 is 5.32 Å². The van der Waals surface area contributed by atoms with Gasteiger partial charge in [0.05, 0.1) is 0 Å². The number of nitrogens with zero attached hydrogens (tertiary/aromatic N) is 1. The molecular formula is C16H28N2O2. The molecule has 4 heteroatoms. The molecule has 20 heavy (non-hydrogen) atoms. The van der Waals surface area contributed by atoms with Crippen molar-refractivity contribution in [3.05, 3.63) is 0 Å². The third kappa shape index (κ3) is 3.27. The number of rotatable bonds is 5. The van der Waals surface area contributed by atoms with Crippen molar-refractivity contribution >= 4 is 6.03 Å². The summed E-state index contributed by atoms with van der Waals surface area (Å²) in [6, 6.07) is 0.928. The molecule has 0 atom stereocenters. The summed E-state index contributed by atoms with van der Waals surface area (Å²) in [5.74, 6) is 1.96. The highest BCUT2D eigenvalue weighted by atomic mass is 16.3. The van der Waals surface area contributed by atoms with Gasteiger partial charge in [0, 0.05) is 25.7 Å². The van der Waals surface area contributed by atoms with Crippen LogP contribution in [0.3, 0.4) is 0 Å². The summed E-state index contributed by atoms with van der Waals surface area (Å²) in [5, 5.41) is 12.5. The van der Waals surface area contributed by atoms with Gasteiger partial charge in [-0.25, -0.2) is 4.79 Å². The van der Waals surface area contributed by atoms with E-state index in [0.717, 1.165) is 37.5 Å². The molecule has 4 nitrogen and oxygen atoms in total. The minimum Gasteiger partial charge on any atom is -0.396 e. The maximum atomic E-state index is 12.4. The first-order valence-corrected chi connectivity index (χ1v) is 8.33. The third-order valence-corrected chi connectivity index (χ3v) is 5.49. The zero-order chi connectivity index (χ0) is 14.1. The Hall–Kier alpha value is -0.770. The highest BCUT2D eigenvalue weighted by Crippen LogP contribution is 2.44. The average molecular weight is 280 g/mol. The Labute approximate surface area is 121 Å². The van der Waals surface area contributed by atoms with Crippen molar-refractivity contribution in [1.82, 2.24) is 10.2 Å². The molecule has 3 fully saturated rings. The van der Waals surface area contributed by atoms with Gasteiger partial charge in [-0.3, -0.25) is 0 Å². The second-order valence-corrected chi connectivity index (χ2v) is 7.12. The van der Waals surface area contributed by atoms with Crippen LogP contribution in [0.4, 0.5) is 4.79 Å². The van der Waals surface area contributed by atoms with Crippen molar-refractivity contribution in [2.24, 2.45) is 17.8 Å². The van der Waals surface area contributed by atoms with E-state index in [2.05, 4.69) is 5.32 Å². The SMILES string of the molecule is CN(C(=O)NC(C1CC1)C1CC1)C1CCC(CO)CC1. The van der Waals surface area contributed by atoms with E-state index in [1.807, 2.05) is 11.9 Å². The predicted octanol–water partition coefficient (Wildman–Crippen LogP) is 2.37. The van der Waals surface area contributed by atoms with E-state index < -0.39 is 0 Å². The molecule has 0 aromatic heterocycles. The third-order valence-electron chi connectivity index (χ3n) is 5.49. The maximum absolute atomic E-state index is 12.4. The number of hydrogen-bond donors (Lipinski definition) is 2. The van der Waals surface area contributed by atoms with Gasteiger partial charge in [0.1, 0.15) is 0 Å². The largest absolute Gasteiger partial charge is 0.396 e. The fourth-order valence-electron chi connectivity index (χ4n) is 3.66. The molecule has 0 heterocycles. The topological polar surface area (TPSA) is 52.6 Å². The quantitative estimate of drug-likeness (QED) is 0.812. The van der Waals surface area contributed by atoms with Gasteiger partial charge in [0.25, 0.3) is 0 Å². The molecule has 3 aliphatic carbocycles. The average Bonchev–Trinajstić information content (AvgIpc) is 3.36. The monoisotopic (exact) mass is 280 g/mol. The van der Waals surface area contributed by atoms with Crippen LogP contribution in [0.1, 0.15) is 51.4 Å². The van der Waals surface area contributed by atoms with E-state index in [0.29, 0.717) is 24.6 Å². The highest BCUT2D eigenvalue weighted by molar-refractivity contribution is 5.74. The first-order chi connectivity index (χ1) is 9.69. The fourth-order valence-corrected chi connectivity index (χ4v) is 3.66. The zero-order valence-corrected chi connectivity index (χ0v) is 12.6. The molecule has 2 amide bonds. The van der Waals surface area contributed by atoms with Gasteiger partial charge in [-0.1, -0.05) is 0 Å². The van der Waals surface area contributed by atoms with E-state index in [1.165, 1.54) is 25.7 Å². The first-order valence-electron chi connectivity index (χ1n) is 8.33. The second kappa shape index (κ2) is 5.92. The van der Waals surface area contributed by atoms with Gasteiger partial charge in [-0.15, -0.1) is 0 Å². The van der Waals surface area contributed by atoms with Crippen LogP contribution in [0.25, 0.3) is 0 Å². The summed E-state index contributed by atoms with van der Waals surface area (Å²) >= 11 is 0. The molecule has 0 aromatic rings. The van der Waals surface area contributed by atoms with Crippen LogP contribution in [-0.2, 0) is 0 Å². The Morgan fingerprint density at radius 2 is 1.65 bits per heavy atom. The minimum absolute atomic E-state index is 0.126. The van der Waals surface area contributed by atoms with Gasteiger partial charge in [0.15, 0.2) is 0 Å². The van der Waals surface area contributed by atoms with E-state index >= 15 is 0 Å². The van der Waals surface area contributed by atoms with Crippen molar-refractivity contribution in [2.75, 3.05) is 13.7 Å². The standard InChI is InChI=1S/C16H28N2O2/c1-18(14-8-2-11(10-19)3-9-14)16(20)17-15(12-4-5-12)13-6-7-13/h11-15,19H,2-10H2,1H3,(H,17,20). The number of urea groups is 1. The van der Waals surface area contributed by atoms with Crippen molar-refractivity contribution in [3.63, 3.8) is 0 Å². The summed E-state index contributed by atoms with van der Waals surface area (Å²) in [4.78, 5) is 14.4. The summed E-state index contributed by atoms with van der Waals surface area (Å²) in [6.07, 6.45) is 9.36. The van der Waals surface area contributed by atoms with Crippen LogP contribution in [0.2, 0.25) is 0 Å².